The number of hydrogen-bond donors (Lipinski definition) is 1. The Kier molecular flexibility index (Phi) is 3.86. The summed E-state index contributed by atoms with van der Waals surface area (Å²) in [5, 5.41) is 8.29. The molecule has 0 fully saturated rings. The number of rotatable bonds is 2. The maximum Gasteiger partial charge on any atom is 0.157 e. The third-order valence-electron chi connectivity index (χ3n) is 2.49. The fourth-order valence-electron chi connectivity index (χ4n) is 1.77. The molecule has 1 N–H and O–H groups in total. The minimum Gasteiger partial charge on any atom is -0.356 e. The molecule has 0 saturated carbocycles. The summed E-state index contributed by atoms with van der Waals surface area (Å²) in [6.45, 7) is 6.56. The molecule has 0 spiro atoms. The highest BCUT2D eigenvalue weighted by Gasteiger charge is 2.20. The first kappa shape index (κ1) is 11.9. The monoisotopic (exact) mass is 255 g/mol. The lowest BCUT2D eigenvalue weighted by Crippen LogP contribution is -2.30. The van der Waals surface area contributed by atoms with E-state index in [1.807, 2.05) is 23.3 Å². The Morgan fingerprint density at radius 1 is 1.50 bits per heavy atom. The summed E-state index contributed by atoms with van der Waals surface area (Å²) < 4.78 is 0. The maximum absolute atomic E-state index is 4.63. The normalized spacial score (nSPS) is 27.3. The van der Waals surface area contributed by atoms with Gasteiger partial charge in [0.15, 0.2) is 5.17 Å². The summed E-state index contributed by atoms with van der Waals surface area (Å²) in [6, 6.07) is 0.686. The Morgan fingerprint density at radius 2 is 2.31 bits per heavy atom. The maximum atomic E-state index is 4.63. The van der Waals surface area contributed by atoms with Gasteiger partial charge in [-0.05, 0) is 20.3 Å². The average Bonchev–Trinajstić information content (AvgIpc) is 2.68. The van der Waals surface area contributed by atoms with Gasteiger partial charge in [-0.2, -0.15) is 0 Å². The zero-order valence-electron chi connectivity index (χ0n) is 9.80. The van der Waals surface area contributed by atoms with Crippen LogP contribution in [0.1, 0.15) is 38.2 Å². The van der Waals surface area contributed by atoms with Crippen LogP contribution in [0, 0.1) is 0 Å². The van der Waals surface area contributed by atoms with Gasteiger partial charge in [0.05, 0.1) is 12.1 Å². The minimum atomic E-state index is 0.253. The van der Waals surface area contributed by atoms with Gasteiger partial charge in [0, 0.05) is 16.8 Å². The van der Waals surface area contributed by atoms with E-state index in [4.69, 9.17) is 0 Å². The summed E-state index contributed by atoms with van der Waals surface area (Å²) in [5.74, 6) is 0. The highest BCUT2D eigenvalue weighted by atomic mass is 32.2. The predicted octanol–water partition coefficient (Wildman–Crippen LogP) is 3.06. The molecule has 5 heteroatoms. The molecule has 0 bridgehead atoms. The smallest absolute Gasteiger partial charge is 0.157 e. The molecule has 2 heterocycles. The third kappa shape index (κ3) is 2.98. The van der Waals surface area contributed by atoms with E-state index >= 15 is 0 Å². The molecule has 3 atom stereocenters. The lowest BCUT2D eigenvalue weighted by atomic mass is 10.2. The largest absolute Gasteiger partial charge is 0.356 e. The van der Waals surface area contributed by atoms with Crippen LogP contribution in [-0.4, -0.2) is 21.4 Å². The van der Waals surface area contributed by atoms with Crippen molar-refractivity contribution in [2.75, 3.05) is 0 Å². The number of aromatic nitrogens is 1. The van der Waals surface area contributed by atoms with Gasteiger partial charge in [-0.15, -0.1) is 11.3 Å². The number of hydrogen-bond acceptors (Lipinski definition) is 5. The van der Waals surface area contributed by atoms with Crippen molar-refractivity contribution >= 4 is 28.3 Å². The SMILES string of the molecule is CC1CC(C)SC(NC(C)c2nccs2)=N1. The molecule has 0 aromatic carbocycles. The molecule has 16 heavy (non-hydrogen) atoms. The first-order valence-electron chi connectivity index (χ1n) is 5.55. The second kappa shape index (κ2) is 5.19. The summed E-state index contributed by atoms with van der Waals surface area (Å²) in [6.07, 6.45) is 3.01. The molecular formula is C11H17N3S2. The molecule has 1 aromatic rings. The summed E-state index contributed by atoms with van der Waals surface area (Å²) >= 11 is 3.51. The first-order chi connectivity index (χ1) is 7.65. The molecule has 0 amide bonds. The van der Waals surface area contributed by atoms with Gasteiger partial charge >= 0.3 is 0 Å². The lowest BCUT2D eigenvalue weighted by molar-refractivity contribution is 0.642. The number of nitrogens with one attached hydrogen (secondary N) is 1. The standard InChI is InChI=1S/C11H17N3S2/c1-7-6-8(2)16-11(13-7)14-9(3)10-12-4-5-15-10/h4-5,7-9H,6H2,1-3H3,(H,13,14). The predicted molar refractivity (Wildman–Crippen MR) is 72.2 cm³/mol. The Labute approximate surface area is 105 Å². The molecule has 3 unspecified atom stereocenters. The zero-order valence-corrected chi connectivity index (χ0v) is 11.4. The highest BCUT2D eigenvalue weighted by Crippen LogP contribution is 2.25. The van der Waals surface area contributed by atoms with E-state index in [9.17, 15) is 0 Å². The van der Waals surface area contributed by atoms with Crippen LogP contribution >= 0.6 is 23.1 Å². The van der Waals surface area contributed by atoms with Crippen molar-refractivity contribution in [1.82, 2.24) is 10.3 Å². The van der Waals surface area contributed by atoms with Crippen LogP contribution in [-0.2, 0) is 0 Å². The van der Waals surface area contributed by atoms with Crippen LogP contribution in [0.2, 0.25) is 0 Å². The number of amidine groups is 1. The van der Waals surface area contributed by atoms with Crippen molar-refractivity contribution < 1.29 is 0 Å². The van der Waals surface area contributed by atoms with Crippen molar-refractivity contribution in [2.24, 2.45) is 4.99 Å². The van der Waals surface area contributed by atoms with Crippen LogP contribution in [0.5, 0.6) is 0 Å². The fraction of sp³-hybridized carbons (Fsp3) is 0.636. The van der Waals surface area contributed by atoms with Crippen molar-refractivity contribution in [2.45, 2.75) is 44.5 Å². The van der Waals surface area contributed by atoms with Crippen LogP contribution < -0.4 is 5.32 Å². The van der Waals surface area contributed by atoms with Gasteiger partial charge in [0.25, 0.3) is 0 Å². The first-order valence-corrected chi connectivity index (χ1v) is 7.31. The Hall–Kier alpha value is -0.550. The Bertz CT molecular complexity index is 361. The van der Waals surface area contributed by atoms with Gasteiger partial charge in [-0.3, -0.25) is 4.99 Å². The van der Waals surface area contributed by atoms with Gasteiger partial charge in [0.2, 0.25) is 0 Å². The molecule has 0 aliphatic carbocycles. The van der Waals surface area contributed by atoms with E-state index in [1.54, 1.807) is 11.3 Å². The van der Waals surface area contributed by atoms with E-state index in [2.05, 4.69) is 36.1 Å². The van der Waals surface area contributed by atoms with E-state index in [0.29, 0.717) is 11.3 Å². The van der Waals surface area contributed by atoms with E-state index in [0.717, 1.165) is 10.2 Å². The van der Waals surface area contributed by atoms with Crippen molar-refractivity contribution in [3.63, 3.8) is 0 Å². The molecule has 88 valence electrons. The third-order valence-corrected chi connectivity index (χ3v) is 4.48. The summed E-state index contributed by atoms with van der Waals surface area (Å²) in [4.78, 5) is 8.94. The molecule has 2 rings (SSSR count). The van der Waals surface area contributed by atoms with Crippen molar-refractivity contribution in [3.8, 4) is 0 Å². The number of thioether (sulfide) groups is 1. The quantitative estimate of drug-likeness (QED) is 0.882. The number of aliphatic imine (C=N–C) groups is 1. The highest BCUT2D eigenvalue weighted by molar-refractivity contribution is 8.14. The topological polar surface area (TPSA) is 37.3 Å². The van der Waals surface area contributed by atoms with E-state index < -0.39 is 0 Å². The van der Waals surface area contributed by atoms with Crippen LogP contribution in [0.15, 0.2) is 16.6 Å². The molecular weight excluding hydrogens is 238 g/mol. The molecule has 3 nitrogen and oxygen atoms in total. The van der Waals surface area contributed by atoms with Crippen molar-refractivity contribution in [3.05, 3.63) is 16.6 Å². The lowest BCUT2D eigenvalue weighted by Gasteiger charge is -2.24. The molecule has 1 aromatic heterocycles. The zero-order chi connectivity index (χ0) is 11.5. The molecule has 0 saturated heterocycles. The fourth-order valence-corrected chi connectivity index (χ4v) is 3.66. The Balaban J connectivity index is 1.99. The van der Waals surface area contributed by atoms with Gasteiger partial charge in [-0.1, -0.05) is 18.7 Å². The summed E-state index contributed by atoms with van der Waals surface area (Å²) in [5.41, 5.74) is 0. The van der Waals surface area contributed by atoms with Crippen LogP contribution in [0.4, 0.5) is 0 Å². The second-order valence-corrected chi connectivity index (χ2v) is 6.54. The number of thiazole rings is 1. The van der Waals surface area contributed by atoms with Crippen LogP contribution in [0.25, 0.3) is 0 Å². The minimum absolute atomic E-state index is 0.253. The van der Waals surface area contributed by atoms with Crippen LogP contribution in [0.3, 0.4) is 0 Å². The van der Waals surface area contributed by atoms with Gasteiger partial charge < -0.3 is 5.32 Å². The Morgan fingerprint density at radius 3 is 2.94 bits per heavy atom. The van der Waals surface area contributed by atoms with Gasteiger partial charge in [0.1, 0.15) is 5.01 Å². The number of nitrogens with zero attached hydrogens (tertiary/aromatic N) is 2. The van der Waals surface area contributed by atoms with Crippen molar-refractivity contribution in [1.29, 1.82) is 0 Å². The molecule has 1 aliphatic heterocycles. The summed E-state index contributed by atoms with van der Waals surface area (Å²) in [7, 11) is 0. The van der Waals surface area contributed by atoms with Gasteiger partial charge in [-0.25, -0.2) is 4.98 Å². The second-order valence-electron chi connectivity index (χ2n) is 4.18. The van der Waals surface area contributed by atoms with E-state index in [1.165, 1.54) is 6.42 Å². The average molecular weight is 255 g/mol. The van der Waals surface area contributed by atoms with E-state index in [-0.39, 0.29) is 6.04 Å². The molecule has 1 aliphatic rings. The molecule has 0 radical (unpaired) electrons.